The van der Waals surface area contributed by atoms with E-state index in [0.717, 1.165) is 33.8 Å². The van der Waals surface area contributed by atoms with Gasteiger partial charge in [-0.05, 0) is 42.0 Å². The van der Waals surface area contributed by atoms with Gasteiger partial charge in [0.25, 0.3) is 5.69 Å². The summed E-state index contributed by atoms with van der Waals surface area (Å²) in [6, 6.07) is 14.0. The van der Waals surface area contributed by atoms with Crippen molar-refractivity contribution in [3.63, 3.8) is 0 Å². The molecule has 0 saturated heterocycles. The van der Waals surface area contributed by atoms with Crippen LogP contribution in [0.15, 0.2) is 72.2 Å². The lowest BCUT2D eigenvalue weighted by Crippen LogP contribution is -2.07. The Labute approximate surface area is 181 Å². The van der Waals surface area contributed by atoms with Crippen LogP contribution in [0.2, 0.25) is 0 Å². The van der Waals surface area contributed by atoms with Gasteiger partial charge in [-0.1, -0.05) is 0 Å². The fourth-order valence-electron chi connectivity index (χ4n) is 3.96. The molecule has 4 aromatic rings. The van der Waals surface area contributed by atoms with Crippen molar-refractivity contribution in [1.29, 1.82) is 0 Å². The van der Waals surface area contributed by atoms with Crippen LogP contribution in [0.3, 0.4) is 0 Å². The number of hydrogen-bond donors (Lipinski definition) is 0. The lowest BCUT2D eigenvalue weighted by Gasteiger charge is -2.11. The molecule has 0 unspecified atom stereocenters. The molecule has 0 amide bonds. The second-order valence-electron chi connectivity index (χ2n) is 7.40. The summed E-state index contributed by atoms with van der Waals surface area (Å²) in [7, 11) is 0. The highest BCUT2D eigenvalue weighted by atomic mass is 16.7. The Morgan fingerprint density at radius 3 is 2.47 bits per heavy atom. The Morgan fingerprint density at radius 1 is 0.969 bits per heavy atom. The van der Waals surface area contributed by atoms with Crippen LogP contribution in [0.4, 0.5) is 5.69 Å². The number of nitro groups is 1. The summed E-state index contributed by atoms with van der Waals surface area (Å²) >= 11 is 0. The number of fused-ring (bicyclic) bond motifs is 3. The fourth-order valence-corrected chi connectivity index (χ4v) is 3.96. The van der Waals surface area contributed by atoms with Crippen LogP contribution in [-0.4, -0.2) is 32.1 Å². The third-order valence-corrected chi connectivity index (χ3v) is 5.54. The molecule has 6 rings (SSSR count). The van der Waals surface area contributed by atoms with Crippen LogP contribution in [0.25, 0.3) is 11.3 Å². The molecule has 0 saturated carbocycles. The molecule has 0 spiro atoms. The van der Waals surface area contributed by atoms with E-state index >= 15 is 0 Å². The fraction of sp³-hybridized carbons (Fsp3) is 0.0870. The maximum atomic E-state index is 11.1. The first-order valence-corrected chi connectivity index (χ1v) is 9.91. The zero-order valence-corrected chi connectivity index (χ0v) is 16.6. The van der Waals surface area contributed by atoms with Crippen molar-refractivity contribution in [2.45, 2.75) is 6.42 Å². The molecular weight excluding hydrogens is 410 g/mol. The number of non-ortho nitro benzene ring substituents is 1. The van der Waals surface area contributed by atoms with Crippen LogP contribution >= 0.6 is 0 Å². The van der Waals surface area contributed by atoms with Gasteiger partial charge in [0.1, 0.15) is 5.82 Å². The van der Waals surface area contributed by atoms with Gasteiger partial charge in [0, 0.05) is 47.6 Å². The minimum Gasteiger partial charge on any atom is -0.454 e. The summed E-state index contributed by atoms with van der Waals surface area (Å²) in [5, 5.41) is 16.1. The van der Waals surface area contributed by atoms with Gasteiger partial charge in [-0.2, -0.15) is 5.10 Å². The number of imidazole rings is 1. The average molecular weight is 425 g/mol. The molecule has 0 atom stereocenters. The van der Waals surface area contributed by atoms with Crippen molar-refractivity contribution in [3.8, 4) is 22.8 Å². The Morgan fingerprint density at radius 2 is 1.72 bits per heavy atom. The quantitative estimate of drug-likeness (QED) is 0.322. The highest BCUT2D eigenvalue weighted by Crippen LogP contribution is 2.38. The molecule has 156 valence electrons. The van der Waals surface area contributed by atoms with Crippen LogP contribution in [0, 0.1) is 10.1 Å². The van der Waals surface area contributed by atoms with E-state index in [0.29, 0.717) is 23.6 Å². The molecule has 0 aliphatic carbocycles. The molecule has 2 aliphatic rings. The number of hydrogen-bond acceptors (Lipinski definition) is 7. The van der Waals surface area contributed by atoms with Gasteiger partial charge in [-0.15, -0.1) is 0 Å². The van der Waals surface area contributed by atoms with Gasteiger partial charge in [0.2, 0.25) is 6.79 Å². The first-order valence-electron chi connectivity index (χ1n) is 9.91. The number of pyridine rings is 1. The molecule has 2 aliphatic heterocycles. The zero-order valence-electron chi connectivity index (χ0n) is 16.6. The van der Waals surface area contributed by atoms with E-state index in [9.17, 15) is 10.1 Å². The average Bonchev–Trinajstić information content (AvgIpc) is 3.40. The third kappa shape index (κ3) is 2.90. The number of nitrogens with zero attached hydrogens (tertiary/aromatic N) is 5. The molecule has 4 heterocycles. The molecule has 2 aromatic carbocycles. The minimum atomic E-state index is -0.416. The Balaban J connectivity index is 1.58. The summed E-state index contributed by atoms with van der Waals surface area (Å²) in [4.78, 5) is 19.4. The predicted molar refractivity (Wildman–Crippen MR) is 115 cm³/mol. The van der Waals surface area contributed by atoms with E-state index in [1.54, 1.807) is 30.7 Å². The van der Waals surface area contributed by atoms with Crippen LogP contribution in [0.1, 0.15) is 22.5 Å². The largest absolute Gasteiger partial charge is 0.454 e. The van der Waals surface area contributed by atoms with E-state index < -0.39 is 4.92 Å². The number of rotatable bonds is 3. The van der Waals surface area contributed by atoms with Gasteiger partial charge < -0.3 is 9.47 Å². The van der Waals surface area contributed by atoms with Gasteiger partial charge in [0.05, 0.1) is 22.5 Å². The maximum Gasteiger partial charge on any atom is 0.269 e. The lowest BCUT2D eigenvalue weighted by atomic mass is 9.95. The predicted octanol–water partition coefficient (Wildman–Crippen LogP) is 3.79. The maximum absolute atomic E-state index is 11.1. The standard InChI is InChI=1S/C23H15N5O4/c29-28(30)17-3-1-15(2-4-17)23-18-11-21-20(31-13-32-21)9-16(18)10-22-25-12-19(27(22)26-23)14-5-7-24-8-6-14/h1-9,11-12H,10,13H2. The molecule has 9 nitrogen and oxygen atoms in total. The van der Waals surface area contributed by atoms with Gasteiger partial charge >= 0.3 is 0 Å². The topological polar surface area (TPSA) is 105 Å². The van der Waals surface area contributed by atoms with Crippen molar-refractivity contribution < 1.29 is 14.4 Å². The van der Waals surface area contributed by atoms with Gasteiger partial charge in [0.15, 0.2) is 11.5 Å². The number of nitro benzene ring substituents is 1. The summed E-state index contributed by atoms with van der Waals surface area (Å²) < 4.78 is 13.0. The molecule has 2 aromatic heterocycles. The highest BCUT2D eigenvalue weighted by Gasteiger charge is 2.26. The molecule has 0 radical (unpaired) electrons. The Hall–Kier alpha value is -4.53. The second-order valence-corrected chi connectivity index (χ2v) is 7.40. The molecule has 9 heteroatoms. The van der Waals surface area contributed by atoms with Crippen molar-refractivity contribution in [3.05, 3.63) is 99.8 Å². The number of aromatic nitrogens is 3. The third-order valence-electron chi connectivity index (χ3n) is 5.54. The normalized spacial score (nSPS) is 13.7. The van der Waals surface area contributed by atoms with Gasteiger partial charge in [-0.25, -0.2) is 9.66 Å². The van der Waals surface area contributed by atoms with Gasteiger partial charge in [-0.3, -0.25) is 15.1 Å². The van der Waals surface area contributed by atoms with Crippen molar-refractivity contribution in [2.24, 2.45) is 5.10 Å². The van der Waals surface area contributed by atoms with E-state index in [4.69, 9.17) is 14.6 Å². The van der Waals surface area contributed by atoms with E-state index in [2.05, 4.69) is 9.97 Å². The van der Waals surface area contributed by atoms with Crippen LogP contribution in [0.5, 0.6) is 11.5 Å². The minimum absolute atomic E-state index is 0.0228. The second kappa shape index (κ2) is 7.02. The molecule has 0 bridgehead atoms. The molecule has 32 heavy (non-hydrogen) atoms. The van der Waals surface area contributed by atoms with Crippen molar-refractivity contribution >= 4 is 11.4 Å². The van der Waals surface area contributed by atoms with Crippen LogP contribution < -0.4 is 9.47 Å². The first kappa shape index (κ1) is 18.3. The summed E-state index contributed by atoms with van der Waals surface area (Å²) in [5.41, 5.74) is 5.06. The summed E-state index contributed by atoms with van der Waals surface area (Å²) in [6.07, 6.45) is 5.78. The monoisotopic (exact) mass is 425 g/mol. The van der Waals surface area contributed by atoms with Crippen molar-refractivity contribution in [2.75, 3.05) is 6.79 Å². The molecule has 0 N–H and O–H groups in total. The lowest BCUT2D eigenvalue weighted by molar-refractivity contribution is -0.384. The number of benzene rings is 2. The van der Waals surface area contributed by atoms with E-state index in [-0.39, 0.29) is 12.5 Å². The molecular formula is C23H15N5O4. The van der Waals surface area contributed by atoms with E-state index in [1.807, 2.05) is 28.9 Å². The number of ether oxygens (including phenoxy) is 2. The Kier molecular flexibility index (Phi) is 4.00. The highest BCUT2D eigenvalue weighted by molar-refractivity contribution is 6.14. The molecule has 0 fully saturated rings. The Bertz CT molecular complexity index is 1390. The zero-order chi connectivity index (χ0) is 21.7. The van der Waals surface area contributed by atoms with Crippen molar-refractivity contribution in [1.82, 2.24) is 14.6 Å². The SMILES string of the molecule is O=[N+]([O-])c1ccc(C2=Nn3c(-c4ccncc4)cnc3Cc3cc4c(cc32)OCO4)cc1. The first-order chi connectivity index (χ1) is 15.7. The van der Waals surface area contributed by atoms with Crippen LogP contribution in [-0.2, 0) is 6.42 Å². The summed E-state index contributed by atoms with van der Waals surface area (Å²) in [5.74, 6) is 2.10. The smallest absolute Gasteiger partial charge is 0.269 e. The summed E-state index contributed by atoms with van der Waals surface area (Å²) in [6.45, 7) is 0.170. The van der Waals surface area contributed by atoms with E-state index in [1.165, 1.54) is 12.1 Å².